The van der Waals surface area contributed by atoms with Crippen LogP contribution in [0, 0.1) is 0 Å². The second-order valence-electron chi connectivity index (χ2n) is 5.57. The molecule has 5 nitrogen and oxygen atoms in total. The molecule has 0 saturated carbocycles. The summed E-state index contributed by atoms with van der Waals surface area (Å²) in [6.45, 7) is 1.86. The van der Waals surface area contributed by atoms with E-state index < -0.39 is 0 Å². The highest BCUT2D eigenvalue weighted by molar-refractivity contribution is 5.80. The highest BCUT2D eigenvalue weighted by Gasteiger charge is 2.24. The number of benzene rings is 1. The fourth-order valence-electron chi connectivity index (χ4n) is 2.91. The molecule has 21 heavy (non-hydrogen) atoms. The lowest BCUT2D eigenvalue weighted by molar-refractivity contribution is -0.125. The number of nitrogens with one attached hydrogen (secondary N) is 1. The SMILES string of the molecule is CC(C(=O)NC1CCCc2cc(N)ccc21)n1cccn1. The van der Waals surface area contributed by atoms with E-state index in [1.54, 1.807) is 17.1 Å². The lowest BCUT2D eigenvalue weighted by Gasteiger charge is -2.27. The van der Waals surface area contributed by atoms with Crippen molar-refractivity contribution in [3.8, 4) is 0 Å². The highest BCUT2D eigenvalue weighted by atomic mass is 16.2. The van der Waals surface area contributed by atoms with E-state index in [1.807, 2.05) is 31.2 Å². The van der Waals surface area contributed by atoms with Crippen LogP contribution in [-0.2, 0) is 11.2 Å². The highest BCUT2D eigenvalue weighted by Crippen LogP contribution is 2.31. The summed E-state index contributed by atoms with van der Waals surface area (Å²) in [5, 5.41) is 7.27. The van der Waals surface area contributed by atoms with E-state index in [9.17, 15) is 4.79 Å². The van der Waals surface area contributed by atoms with E-state index in [0.717, 1.165) is 24.9 Å². The van der Waals surface area contributed by atoms with Crippen LogP contribution in [0.3, 0.4) is 0 Å². The molecule has 5 heteroatoms. The Morgan fingerprint density at radius 1 is 1.52 bits per heavy atom. The molecule has 1 amide bonds. The van der Waals surface area contributed by atoms with Gasteiger partial charge in [-0.25, -0.2) is 0 Å². The van der Waals surface area contributed by atoms with Gasteiger partial charge < -0.3 is 11.1 Å². The van der Waals surface area contributed by atoms with Crippen molar-refractivity contribution < 1.29 is 4.79 Å². The van der Waals surface area contributed by atoms with Crippen LogP contribution in [0.25, 0.3) is 0 Å². The first-order chi connectivity index (χ1) is 10.1. The Bertz CT molecular complexity index is 636. The summed E-state index contributed by atoms with van der Waals surface area (Å²) in [5.41, 5.74) is 9.06. The Morgan fingerprint density at radius 3 is 3.14 bits per heavy atom. The third-order valence-corrected chi connectivity index (χ3v) is 4.10. The average molecular weight is 284 g/mol. The summed E-state index contributed by atoms with van der Waals surface area (Å²) in [6.07, 6.45) is 6.55. The number of aromatic nitrogens is 2. The Labute approximate surface area is 124 Å². The summed E-state index contributed by atoms with van der Waals surface area (Å²) < 4.78 is 1.67. The van der Waals surface area contributed by atoms with E-state index in [0.29, 0.717) is 0 Å². The predicted octanol–water partition coefficient (Wildman–Crippen LogP) is 2.22. The Morgan fingerprint density at radius 2 is 2.38 bits per heavy atom. The monoisotopic (exact) mass is 284 g/mol. The van der Waals surface area contributed by atoms with Crippen LogP contribution in [0.4, 0.5) is 5.69 Å². The Balaban J connectivity index is 1.76. The van der Waals surface area contributed by atoms with Crippen LogP contribution in [0.15, 0.2) is 36.7 Å². The van der Waals surface area contributed by atoms with Crippen molar-refractivity contribution in [1.29, 1.82) is 0 Å². The molecule has 0 radical (unpaired) electrons. The second kappa shape index (κ2) is 5.60. The molecule has 110 valence electrons. The van der Waals surface area contributed by atoms with Gasteiger partial charge in [-0.3, -0.25) is 9.48 Å². The van der Waals surface area contributed by atoms with Crippen molar-refractivity contribution in [2.75, 3.05) is 5.73 Å². The zero-order chi connectivity index (χ0) is 14.8. The zero-order valence-electron chi connectivity index (χ0n) is 12.1. The van der Waals surface area contributed by atoms with Gasteiger partial charge in [0.25, 0.3) is 0 Å². The zero-order valence-corrected chi connectivity index (χ0v) is 12.1. The molecule has 1 aromatic carbocycles. The molecule has 2 atom stereocenters. The number of hydrogen-bond acceptors (Lipinski definition) is 3. The van der Waals surface area contributed by atoms with Crippen molar-refractivity contribution in [2.45, 2.75) is 38.3 Å². The first-order valence-electron chi connectivity index (χ1n) is 7.33. The number of anilines is 1. The van der Waals surface area contributed by atoms with Crippen molar-refractivity contribution in [2.24, 2.45) is 0 Å². The van der Waals surface area contributed by atoms with Gasteiger partial charge in [-0.15, -0.1) is 0 Å². The number of rotatable bonds is 3. The van der Waals surface area contributed by atoms with E-state index >= 15 is 0 Å². The molecule has 0 spiro atoms. The minimum atomic E-state index is -0.306. The number of carbonyl (C=O) groups is 1. The van der Waals surface area contributed by atoms with E-state index in [4.69, 9.17) is 5.73 Å². The van der Waals surface area contributed by atoms with Gasteiger partial charge in [0.15, 0.2) is 0 Å². The van der Waals surface area contributed by atoms with Gasteiger partial charge in [-0.2, -0.15) is 5.10 Å². The van der Waals surface area contributed by atoms with Crippen molar-refractivity contribution >= 4 is 11.6 Å². The third kappa shape index (κ3) is 2.77. The Kier molecular flexibility index (Phi) is 3.64. The summed E-state index contributed by atoms with van der Waals surface area (Å²) in [4.78, 5) is 12.4. The minimum Gasteiger partial charge on any atom is -0.399 e. The van der Waals surface area contributed by atoms with Crippen LogP contribution < -0.4 is 11.1 Å². The maximum absolute atomic E-state index is 12.4. The summed E-state index contributed by atoms with van der Waals surface area (Å²) in [6, 6.07) is 7.54. The van der Waals surface area contributed by atoms with Gasteiger partial charge in [-0.05, 0) is 55.5 Å². The largest absolute Gasteiger partial charge is 0.399 e. The molecular formula is C16H20N4O. The molecule has 1 aliphatic carbocycles. The quantitative estimate of drug-likeness (QED) is 0.849. The molecule has 0 saturated heterocycles. The lowest BCUT2D eigenvalue weighted by Crippen LogP contribution is -2.35. The second-order valence-corrected chi connectivity index (χ2v) is 5.57. The van der Waals surface area contributed by atoms with Gasteiger partial charge in [-0.1, -0.05) is 6.07 Å². The smallest absolute Gasteiger partial charge is 0.245 e. The molecular weight excluding hydrogens is 264 g/mol. The topological polar surface area (TPSA) is 72.9 Å². The number of nitrogen functional groups attached to an aromatic ring is 1. The number of fused-ring (bicyclic) bond motifs is 1. The van der Waals surface area contributed by atoms with Gasteiger partial charge >= 0.3 is 0 Å². The van der Waals surface area contributed by atoms with Gasteiger partial charge in [0.1, 0.15) is 6.04 Å². The number of hydrogen-bond donors (Lipinski definition) is 2. The molecule has 0 bridgehead atoms. The van der Waals surface area contributed by atoms with E-state index in [1.165, 1.54) is 11.1 Å². The van der Waals surface area contributed by atoms with E-state index in [-0.39, 0.29) is 18.0 Å². The number of nitrogens with zero attached hydrogens (tertiary/aromatic N) is 2. The maximum Gasteiger partial charge on any atom is 0.245 e. The molecule has 3 N–H and O–H groups in total. The van der Waals surface area contributed by atoms with Crippen LogP contribution in [0.2, 0.25) is 0 Å². The van der Waals surface area contributed by atoms with Crippen molar-refractivity contribution in [1.82, 2.24) is 15.1 Å². The minimum absolute atomic E-state index is 0.00613. The molecule has 1 heterocycles. The first-order valence-corrected chi connectivity index (χ1v) is 7.33. The summed E-state index contributed by atoms with van der Waals surface area (Å²) >= 11 is 0. The van der Waals surface area contributed by atoms with Gasteiger partial charge in [0, 0.05) is 18.1 Å². The van der Waals surface area contributed by atoms with Crippen molar-refractivity contribution in [3.63, 3.8) is 0 Å². The maximum atomic E-state index is 12.4. The fourth-order valence-corrected chi connectivity index (χ4v) is 2.91. The fraction of sp³-hybridized carbons (Fsp3) is 0.375. The third-order valence-electron chi connectivity index (χ3n) is 4.10. The molecule has 0 fully saturated rings. The number of carbonyl (C=O) groups excluding carboxylic acids is 1. The normalized spacial score (nSPS) is 18.8. The number of amides is 1. The van der Waals surface area contributed by atoms with E-state index in [2.05, 4.69) is 10.4 Å². The summed E-state index contributed by atoms with van der Waals surface area (Å²) in [7, 11) is 0. The predicted molar refractivity (Wildman–Crippen MR) is 81.6 cm³/mol. The number of nitrogens with two attached hydrogens (primary N) is 1. The van der Waals surface area contributed by atoms with Crippen molar-refractivity contribution in [3.05, 3.63) is 47.8 Å². The Hall–Kier alpha value is -2.30. The first kappa shape index (κ1) is 13.7. The standard InChI is InChI=1S/C16H20N4O/c1-11(20-9-3-8-18-20)16(21)19-15-5-2-4-12-10-13(17)6-7-14(12)15/h3,6-11,15H,2,4-5,17H2,1H3,(H,19,21). The van der Waals surface area contributed by atoms with Crippen LogP contribution >= 0.6 is 0 Å². The van der Waals surface area contributed by atoms with Crippen LogP contribution in [-0.4, -0.2) is 15.7 Å². The molecule has 3 rings (SSSR count). The van der Waals surface area contributed by atoms with Gasteiger partial charge in [0.2, 0.25) is 5.91 Å². The summed E-state index contributed by atoms with van der Waals surface area (Å²) in [5.74, 6) is -0.00613. The number of aryl methyl sites for hydroxylation is 1. The van der Waals surface area contributed by atoms with Crippen LogP contribution in [0.1, 0.15) is 43.0 Å². The average Bonchev–Trinajstić information content (AvgIpc) is 3.00. The molecule has 2 unspecified atom stereocenters. The molecule has 1 aromatic heterocycles. The van der Waals surface area contributed by atoms with Crippen LogP contribution in [0.5, 0.6) is 0 Å². The lowest BCUT2D eigenvalue weighted by atomic mass is 9.87. The molecule has 0 aliphatic heterocycles. The molecule has 2 aromatic rings. The van der Waals surface area contributed by atoms with Gasteiger partial charge in [0.05, 0.1) is 6.04 Å². The molecule has 1 aliphatic rings.